The number of nitrogens with one attached hydrogen (secondary N) is 1. The normalized spacial score (nSPS) is 18.7. The predicted molar refractivity (Wildman–Crippen MR) is 61.1 cm³/mol. The van der Waals surface area contributed by atoms with Crippen molar-refractivity contribution >= 4 is 17.1 Å². The van der Waals surface area contributed by atoms with Gasteiger partial charge >= 0.3 is 11.7 Å². The lowest BCUT2D eigenvalue weighted by atomic mass is 9.93. The molecule has 0 bridgehead atoms. The van der Waals surface area contributed by atoms with E-state index < -0.39 is 23.2 Å². The molecule has 2 aromatic rings. The van der Waals surface area contributed by atoms with Gasteiger partial charge in [-0.15, -0.1) is 0 Å². The van der Waals surface area contributed by atoms with E-state index in [2.05, 4.69) is 4.98 Å². The molecule has 1 aromatic carbocycles. The molecule has 18 heavy (non-hydrogen) atoms. The van der Waals surface area contributed by atoms with Crippen LogP contribution in [0.2, 0.25) is 0 Å². The maximum atomic E-state index is 11.1. The van der Waals surface area contributed by atoms with Gasteiger partial charge in [-0.3, -0.25) is 9.78 Å². The van der Waals surface area contributed by atoms with Crippen molar-refractivity contribution in [2.24, 2.45) is 5.41 Å². The Kier molecular flexibility index (Phi) is 2.12. The quantitative estimate of drug-likeness (QED) is 0.753. The molecule has 1 aliphatic rings. The van der Waals surface area contributed by atoms with Crippen LogP contribution >= 0.6 is 0 Å². The number of aliphatic hydroxyl groups excluding tert-OH is 1. The number of hydrogen-bond acceptors (Lipinski definition) is 4. The van der Waals surface area contributed by atoms with Gasteiger partial charge in [0.15, 0.2) is 5.58 Å². The molecule has 6 heteroatoms. The van der Waals surface area contributed by atoms with E-state index in [1.165, 1.54) is 6.07 Å². The van der Waals surface area contributed by atoms with E-state index >= 15 is 0 Å². The SMILES string of the molecule is O=C(O)C1(C(O)c2ccc3[nH]c(=O)oc3c2)CC1. The largest absolute Gasteiger partial charge is 0.481 e. The van der Waals surface area contributed by atoms with Crippen LogP contribution in [0.1, 0.15) is 24.5 Å². The molecule has 1 saturated carbocycles. The molecule has 1 atom stereocenters. The Morgan fingerprint density at radius 2 is 2.17 bits per heavy atom. The summed E-state index contributed by atoms with van der Waals surface area (Å²) in [6.45, 7) is 0. The highest BCUT2D eigenvalue weighted by molar-refractivity contribution is 5.79. The Morgan fingerprint density at radius 1 is 1.44 bits per heavy atom. The lowest BCUT2D eigenvalue weighted by Crippen LogP contribution is -2.23. The van der Waals surface area contributed by atoms with E-state index in [9.17, 15) is 14.7 Å². The van der Waals surface area contributed by atoms with Crippen molar-refractivity contribution in [3.05, 3.63) is 34.3 Å². The minimum absolute atomic E-state index is 0.317. The van der Waals surface area contributed by atoms with Gasteiger partial charge in [-0.1, -0.05) is 6.07 Å². The van der Waals surface area contributed by atoms with Crippen molar-refractivity contribution < 1.29 is 19.4 Å². The van der Waals surface area contributed by atoms with Gasteiger partial charge in [0.25, 0.3) is 0 Å². The molecule has 3 N–H and O–H groups in total. The first-order valence-electron chi connectivity index (χ1n) is 5.57. The molecule has 1 aromatic heterocycles. The Hall–Kier alpha value is -2.08. The number of rotatable bonds is 3. The summed E-state index contributed by atoms with van der Waals surface area (Å²) in [5.74, 6) is -1.57. The molecule has 94 valence electrons. The number of carboxylic acid groups (broad SMARTS) is 1. The third-order valence-electron chi connectivity index (χ3n) is 3.50. The molecule has 1 aliphatic carbocycles. The van der Waals surface area contributed by atoms with Gasteiger partial charge in [-0.2, -0.15) is 0 Å². The molecular weight excluding hydrogens is 238 g/mol. The molecule has 1 heterocycles. The molecule has 3 rings (SSSR count). The standard InChI is InChI=1S/C12H11NO5/c14-9(12(3-4-12)10(15)16)6-1-2-7-8(5-6)18-11(17)13-7/h1-2,5,9,14H,3-4H2,(H,13,17)(H,15,16). The number of benzene rings is 1. The van der Waals surface area contributed by atoms with Crippen LogP contribution in [0, 0.1) is 5.41 Å². The molecule has 0 radical (unpaired) electrons. The average molecular weight is 249 g/mol. The first-order chi connectivity index (χ1) is 8.53. The van der Waals surface area contributed by atoms with E-state index in [0.717, 1.165) is 0 Å². The topological polar surface area (TPSA) is 104 Å². The average Bonchev–Trinajstić information content (AvgIpc) is 3.05. The van der Waals surface area contributed by atoms with Crippen LogP contribution < -0.4 is 5.76 Å². The minimum atomic E-state index is -1.08. The highest BCUT2D eigenvalue weighted by Crippen LogP contribution is 2.55. The van der Waals surface area contributed by atoms with Crippen molar-refractivity contribution in [2.75, 3.05) is 0 Å². The first-order valence-corrected chi connectivity index (χ1v) is 5.57. The van der Waals surface area contributed by atoms with Crippen LogP contribution in [0.3, 0.4) is 0 Å². The number of aromatic amines is 1. The van der Waals surface area contributed by atoms with Gasteiger partial charge in [0.05, 0.1) is 17.0 Å². The summed E-state index contributed by atoms with van der Waals surface area (Å²) in [7, 11) is 0. The zero-order valence-electron chi connectivity index (χ0n) is 9.34. The second-order valence-electron chi connectivity index (χ2n) is 4.63. The number of fused-ring (bicyclic) bond motifs is 1. The van der Waals surface area contributed by atoms with Crippen molar-refractivity contribution in [2.45, 2.75) is 18.9 Å². The van der Waals surface area contributed by atoms with E-state index in [1.807, 2.05) is 0 Å². The van der Waals surface area contributed by atoms with Crippen molar-refractivity contribution in [3.63, 3.8) is 0 Å². The van der Waals surface area contributed by atoms with Gasteiger partial charge in [-0.05, 0) is 30.5 Å². The Bertz CT molecular complexity index is 679. The van der Waals surface area contributed by atoms with Crippen LogP contribution in [0.25, 0.3) is 11.1 Å². The fraction of sp³-hybridized carbons (Fsp3) is 0.333. The number of carboxylic acids is 1. The van der Waals surface area contributed by atoms with Crippen LogP contribution in [0.15, 0.2) is 27.4 Å². The fourth-order valence-corrected chi connectivity index (χ4v) is 2.19. The Morgan fingerprint density at radius 3 is 2.78 bits per heavy atom. The summed E-state index contributed by atoms with van der Waals surface area (Å²) in [5.41, 5.74) is 0.212. The zero-order valence-corrected chi connectivity index (χ0v) is 9.34. The molecule has 0 saturated heterocycles. The summed E-state index contributed by atoms with van der Waals surface area (Å²) in [5, 5.41) is 19.2. The van der Waals surface area contributed by atoms with Crippen LogP contribution in [0.4, 0.5) is 0 Å². The maximum Gasteiger partial charge on any atom is 0.417 e. The second kappa shape index (κ2) is 3.46. The van der Waals surface area contributed by atoms with E-state index in [4.69, 9.17) is 9.52 Å². The predicted octanol–water partition coefficient (Wildman–Crippen LogP) is 1.02. The number of carbonyl (C=O) groups is 1. The van der Waals surface area contributed by atoms with E-state index in [1.54, 1.807) is 12.1 Å². The van der Waals surface area contributed by atoms with Gasteiger partial charge < -0.3 is 14.6 Å². The first kappa shape index (κ1) is 11.0. The van der Waals surface area contributed by atoms with Gasteiger partial charge in [0, 0.05) is 0 Å². The van der Waals surface area contributed by atoms with Crippen LogP contribution in [0.5, 0.6) is 0 Å². The summed E-state index contributed by atoms with van der Waals surface area (Å²) in [4.78, 5) is 24.6. The summed E-state index contributed by atoms with van der Waals surface area (Å²) >= 11 is 0. The smallest absolute Gasteiger partial charge is 0.417 e. The number of aliphatic hydroxyl groups is 1. The molecule has 6 nitrogen and oxygen atoms in total. The molecule has 0 amide bonds. The lowest BCUT2D eigenvalue weighted by Gasteiger charge is -2.17. The molecule has 1 fully saturated rings. The van der Waals surface area contributed by atoms with Crippen molar-refractivity contribution in [1.29, 1.82) is 0 Å². The summed E-state index contributed by atoms with van der Waals surface area (Å²) < 4.78 is 4.88. The molecular formula is C12H11NO5. The van der Waals surface area contributed by atoms with Gasteiger partial charge in [0.1, 0.15) is 0 Å². The fourth-order valence-electron chi connectivity index (χ4n) is 2.19. The highest BCUT2D eigenvalue weighted by atomic mass is 16.4. The van der Waals surface area contributed by atoms with E-state index in [-0.39, 0.29) is 0 Å². The maximum absolute atomic E-state index is 11.1. The Labute approximate surface area is 101 Å². The highest BCUT2D eigenvalue weighted by Gasteiger charge is 2.56. The third-order valence-corrected chi connectivity index (χ3v) is 3.50. The van der Waals surface area contributed by atoms with Gasteiger partial charge in [0.2, 0.25) is 0 Å². The molecule has 0 spiro atoms. The van der Waals surface area contributed by atoms with E-state index in [0.29, 0.717) is 29.5 Å². The summed E-state index contributed by atoms with van der Waals surface area (Å²) in [6.07, 6.45) is -0.170. The van der Waals surface area contributed by atoms with Crippen molar-refractivity contribution in [3.8, 4) is 0 Å². The molecule has 1 unspecified atom stereocenters. The number of oxazole rings is 1. The zero-order chi connectivity index (χ0) is 12.9. The monoisotopic (exact) mass is 249 g/mol. The lowest BCUT2D eigenvalue weighted by molar-refractivity contribution is -0.148. The van der Waals surface area contributed by atoms with Crippen LogP contribution in [-0.2, 0) is 4.79 Å². The van der Waals surface area contributed by atoms with Crippen LogP contribution in [-0.4, -0.2) is 21.2 Å². The number of aromatic nitrogens is 1. The molecule has 0 aliphatic heterocycles. The number of aliphatic carboxylic acids is 1. The summed E-state index contributed by atoms with van der Waals surface area (Å²) in [6, 6.07) is 4.69. The van der Waals surface area contributed by atoms with Crippen molar-refractivity contribution in [1.82, 2.24) is 4.98 Å². The number of H-pyrrole nitrogens is 1. The minimum Gasteiger partial charge on any atom is -0.481 e. The third kappa shape index (κ3) is 1.46. The number of hydrogen-bond donors (Lipinski definition) is 3. The Balaban J connectivity index is 2.04. The van der Waals surface area contributed by atoms with Gasteiger partial charge in [-0.25, -0.2) is 4.79 Å². The second-order valence-corrected chi connectivity index (χ2v) is 4.63.